The Bertz CT molecular complexity index is 563. The fraction of sp³-hybridized carbons (Fsp3) is 0.286. The van der Waals surface area contributed by atoms with Gasteiger partial charge in [-0.15, -0.1) is 11.3 Å². The maximum Gasteiger partial charge on any atom is 0.129 e. The molecule has 1 nitrogen and oxygen atoms in total. The van der Waals surface area contributed by atoms with E-state index < -0.39 is 11.6 Å². The van der Waals surface area contributed by atoms with Crippen molar-refractivity contribution < 1.29 is 8.78 Å². The second-order valence-electron chi connectivity index (χ2n) is 4.29. The van der Waals surface area contributed by atoms with Crippen molar-refractivity contribution in [3.05, 3.63) is 55.1 Å². The van der Waals surface area contributed by atoms with Crippen LogP contribution in [0.4, 0.5) is 8.78 Å². The quantitative estimate of drug-likeness (QED) is 0.738. The highest BCUT2D eigenvalue weighted by Gasteiger charge is 2.19. The van der Waals surface area contributed by atoms with Gasteiger partial charge in [-0.2, -0.15) is 0 Å². The van der Waals surface area contributed by atoms with Crippen LogP contribution in [-0.2, 0) is 6.42 Å². The van der Waals surface area contributed by atoms with Gasteiger partial charge in [0.2, 0.25) is 0 Å². The fourth-order valence-electron chi connectivity index (χ4n) is 1.99. The normalized spacial score (nSPS) is 12.7. The molecule has 0 fully saturated rings. The highest BCUT2D eigenvalue weighted by molar-refractivity contribution is 9.10. The zero-order valence-corrected chi connectivity index (χ0v) is 13.9. The highest BCUT2D eigenvalue weighted by atomic mass is 79.9. The predicted molar refractivity (Wildman–Crippen MR) is 83.5 cm³/mol. The van der Waals surface area contributed by atoms with E-state index in [4.69, 9.17) is 11.6 Å². The predicted octanol–water partition coefficient (Wildman–Crippen LogP) is 5.34. The lowest BCUT2D eigenvalue weighted by Gasteiger charge is -2.17. The van der Waals surface area contributed by atoms with Crippen LogP contribution in [-0.4, -0.2) is 6.54 Å². The number of hydrogen-bond donors (Lipinski definition) is 1. The number of nitrogens with one attached hydrogen (secondary N) is 1. The number of likely N-dealkylation sites (N-methyl/N-ethyl adjacent to an activating group) is 1. The lowest BCUT2D eigenvalue weighted by molar-refractivity contribution is 0.503. The first-order valence-corrected chi connectivity index (χ1v) is 8.12. The average Bonchev–Trinajstić information content (AvgIpc) is 2.73. The molecular formula is C14H13BrClF2NS. The third kappa shape index (κ3) is 3.58. The molecule has 1 aromatic carbocycles. The van der Waals surface area contributed by atoms with Crippen LogP contribution in [0.25, 0.3) is 0 Å². The van der Waals surface area contributed by atoms with Crippen LogP contribution in [0.3, 0.4) is 0 Å². The molecule has 0 saturated carbocycles. The molecule has 0 spiro atoms. The Morgan fingerprint density at radius 2 is 2.00 bits per heavy atom. The smallest absolute Gasteiger partial charge is 0.129 e. The minimum absolute atomic E-state index is 0.0964. The SMILES string of the molecule is CCNC(Cc1c(F)cccc1F)c1cc(Br)c(Cl)s1. The molecule has 0 bridgehead atoms. The molecule has 2 rings (SSSR count). The molecule has 1 N–H and O–H groups in total. The van der Waals surface area contributed by atoms with Crippen molar-refractivity contribution in [1.29, 1.82) is 0 Å². The highest BCUT2D eigenvalue weighted by Crippen LogP contribution is 2.36. The van der Waals surface area contributed by atoms with Gasteiger partial charge >= 0.3 is 0 Å². The third-order valence-corrected chi connectivity index (χ3v) is 5.52. The second kappa shape index (κ2) is 6.98. The number of thiophene rings is 1. The van der Waals surface area contributed by atoms with E-state index in [0.717, 1.165) is 9.35 Å². The maximum atomic E-state index is 13.8. The summed E-state index contributed by atoms with van der Waals surface area (Å²) in [6.45, 7) is 2.66. The molecule has 0 aliphatic heterocycles. The van der Waals surface area contributed by atoms with Crippen LogP contribution >= 0.6 is 38.9 Å². The third-order valence-electron chi connectivity index (χ3n) is 2.93. The van der Waals surface area contributed by atoms with Crippen molar-refractivity contribution in [3.63, 3.8) is 0 Å². The Labute approximate surface area is 134 Å². The summed E-state index contributed by atoms with van der Waals surface area (Å²) < 4.78 is 28.9. The zero-order valence-electron chi connectivity index (χ0n) is 10.7. The van der Waals surface area contributed by atoms with Crippen LogP contribution < -0.4 is 5.32 Å². The molecule has 0 radical (unpaired) electrons. The Morgan fingerprint density at radius 1 is 1.35 bits per heavy atom. The van der Waals surface area contributed by atoms with Crippen LogP contribution in [0.2, 0.25) is 4.34 Å². The zero-order chi connectivity index (χ0) is 14.7. The topological polar surface area (TPSA) is 12.0 Å². The lowest BCUT2D eigenvalue weighted by atomic mass is 10.0. The summed E-state index contributed by atoms with van der Waals surface area (Å²) >= 11 is 10.8. The minimum Gasteiger partial charge on any atom is -0.309 e. The van der Waals surface area contributed by atoms with Crippen molar-refractivity contribution in [2.75, 3.05) is 6.54 Å². The van der Waals surface area contributed by atoms with Gasteiger partial charge in [0.25, 0.3) is 0 Å². The van der Waals surface area contributed by atoms with Crippen molar-refractivity contribution in [2.45, 2.75) is 19.4 Å². The molecule has 2 aromatic rings. The molecule has 20 heavy (non-hydrogen) atoms. The van der Waals surface area contributed by atoms with Gasteiger partial charge in [0.1, 0.15) is 16.0 Å². The summed E-state index contributed by atoms with van der Waals surface area (Å²) in [6.07, 6.45) is 0.246. The summed E-state index contributed by atoms with van der Waals surface area (Å²) in [7, 11) is 0. The molecule has 0 aliphatic rings. The molecular weight excluding hydrogens is 368 g/mol. The molecule has 0 saturated heterocycles. The molecule has 0 aliphatic carbocycles. The number of halogens is 4. The van der Waals surface area contributed by atoms with Gasteiger partial charge in [-0.05, 0) is 47.1 Å². The van der Waals surface area contributed by atoms with E-state index in [-0.39, 0.29) is 18.0 Å². The average molecular weight is 381 g/mol. The van der Waals surface area contributed by atoms with Crippen LogP contribution in [0.15, 0.2) is 28.7 Å². The molecule has 1 aromatic heterocycles. The first kappa shape index (κ1) is 15.9. The van der Waals surface area contributed by atoms with Crippen molar-refractivity contribution >= 4 is 38.9 Å². The summed E-state index contributed by atoms with van der Waals surface area (Å²) in [6, 6.07) is 5.64. The van der Waals surface area contributed by atoms with Gasteiger partial charge in [-0.25, -0.2) is 8.78 Å². The minimum atomic E-state index is -0.519. The molecule has 1 unspecified atom stereocenters. The summed E-state index contributed by atoms with van der Waals surface area (Å²) in [5.41, 5.74) is 0.0964. The van der Waals surface area contributed by atoms with Crippen LogP contribution in [0.1, 0.15) is 23.4 Å². The maximum absolute atomic E-state index is 13.8. The van der Waals surface area contributed by atoms with Gasteiger partial charge in [-0.3, -0.25) is 0 Å². The van der Waals surface area contributed by atoms with Crippen molar-refractivity contribution in [3.8, 4) is 0 Å². The number of rotatable bonds is 5. The molecule has 6 heteroatoms. The standard InChI is InChI=1S/C14H13BrClF2NS/c1-2-19-12(13-7-9(15)14(16)20-13)6-8-10(17)4-3-5-11(8)18/h3-5,7,12,19H,2,6H2,1H3. The second-order valence-corrected chi connectivity index (χ2v) is 6.83. The first-order chi connectivity index (χ1) is 9.52. The summed E-state index contributed by atoms with van der Waals surface area (Å²) in [5, 5.41) is 3.24. The van der Waals surface area contributed by atoms with E-state index in [1.165, 1.54) is 29.5 Å². The molecule has 108 valence electrons. The van der Waals surface area contributed by atoms with Gasteiger partial charge < -0.3 is 5.32 Å². The molecule has 0 amide bonds. The Morgan fingerprint density at radius 3 is 2.50 bits per heavy atom. The van der Waals surface area contributed by atoms with Crippen molar-refractivity contribution in [1.82, 2.24) is 5.32 Å². The Balaban J connectivity index is 2.30. The first-order valence-electron chi connectivity index (χ1n) is 6.14. The summed E-state index contributed by atoms with van der Waals surface area (Å²) in [5.74, 6) is -1.04. The largest absolute Gasteiger partial charge is 0.309 e. The molecule has 1 heterocycles. The van der Waals surface area contributed by atoms with E-state index in [1.807, 2.05) is 13.0 Å². The molecule has 1 atom stereocenters. The Hall–Kier alpha value is -0.490. The van der Waals surface area contributed by atoms with Crippen LogP contribution in [0, 0.1) is 11.6 Å². The van der Waals surface area contributed by atoms with E-state index in [1.54, 1.807) is 0 Å². The van der Waals surface area contributed by atoms with Crippen LogP contribution in [0.5, 0.6) is 0 Å². The van der Waals surface area contributed by atoms with E-state index in [2.05, 4.69) is 21.2 Å². The van der Waals surface area contributed by atoms with E-state index in [0.29, 0.717) is 10.9 Å². The number of benzene rings is 1. The van der Waals surface area contributed by atoms with Gasteiger partial charge in [0.15, 0.2) is 0 Å². The van der Waals surface area contributed by atoms with Crippen molar-refractivity contribution in [2.24, 2.45) is 0 Å². The van der Waals surface area contributed by atoms with Gasteiger partial charge in [0.05, 0.1) is 0 Å². The van der Waals surface area contributed by atoms with Gasteiger partial charge in [0, 0.05) is 21.0 Å². The Kier molecular flexibility index (Phi) is 5.55. The lowest BCUT2D eigenvalue weighted by Crippen LogP contribution is -2.23. The van der Waals surface area contributed by atoms with E-state index in [9.17, 15) is 8.78 Å². The van der Waals surface area contributed by atoms with Gasteiger partial charge in [-0.1, -0.05) is 24.6 Å². The summed E-state index contributed by atoms with van der Waals surface area (Å²) in [4.78, 5) is 0.950. The fourth-order valence-corrected chi connectivity index (χ4v) is 3.80. The monoisotopic (exact) mass is 379 g/mol. The van der Waals surface area contributed by atoms with E-state index >= 15 is 0 Å². The number of hydrogen-bond acceptors (Lipinski definition) is 2.